The molecule has 0 aliphatic rings. The van der Waals surface area contributed by atoms with Crippen molar-refractivity contribution < 1.29 is 0 Å². The van der Waals surface area contributed by atoms with Gasteiger partial charge in [0.2, 0.25) is 0 Å². The largest absolute Gasteiger partial charge is 0.192 e. The molecular weight excluding hydrogens is 314 g/mol. The monoisotopic (exact) mass is 329 g/mol. The van der Waals surface area contributed by atoms with Crippen LogP contribution in [0.3, 0.4) is 0 Å². The summed E-state index contributed by atoms with van der Waals surface area (Å²) in [6.45, 7) is 0. The van der Waals surface area contributed by atoms with Crippen LogP contribution in [0.2, 0.25) is 0 Å². The van der Waals surface area contributed by atoms with Crippen LogP contribution in [0.5, 0.6) is 0 Å². The summed E-state index contributed by atoms with van der Waals surface area (Å²) in [7, 11) is 0. The summed E-state index contributed by atoms with van der Waals surface area (Å²) in [5.74, 6) is 0. The van der Waals surface area contributed by atoms with Gasteiger partial charge in [-0.3, -0.25) is 0 Å². The summed E-state index contributed by atoms with van der Waals surface area (Å²) in [6.07, 6.45) is 0. The lowest BCUT2D eigenvalue weighted by Gasteiger charge is -2.13. The molecule has 0 N–H and O–H groups in total. The molecule has 0 saturated carbocycles. The zero-order chi connectivity index (χ0) is 17.5. The van der Waals surface area contributed by atoms with Crippen molar-refractivity contribution in [2.24, 2.45) is 0 Å². The van der Waals surface area contributed by atoms with Crippen molar-refractivity contribution in [2.75, 3.05) is 0 Å². The molecule has 5 aromatic carbocycles. The maximum absolute atomic E-state index is 9.08. The number of fused-ring (bicyclic) bond motifs is 5. The molecule has 0 aliphatic heterocycles. The first kappa shape index (κ1) is 14.7. The first-order chi connectivity index (χ1) is 12.8. The summed E-state index contributed by atoms with van der Waals surface area (Å²) in [5, 5.41) is 16.6. The molecule has 0 saturated heterocycles. The van der Waals surface area contributed by atoms with Gasteiger partial charge in [0.05, 0.1) is 11.6 Å². The molecule has 0 radical (unpaired) electrons. The van der Waals surface area contributed by atoms with Crippen LogP contribution in [-0.4, -0.2) is 0 Å². The van der Waals surface area contributed by atoms with E-state index in [9.17, 15) is 0 Å². The Labute approximate surface area is 151 Å². The Morgan fingerprint density at radius 2 is 1.19 bits per heavy atom. The molecule has 0 atom stereocenters. The highest BCUT2D eigenvalue weighted by molar-refractivity contribution is 6.20. The highest BCUT2D eigenvalue weighted by atomic mass is 14.2. The summed E-state index contributed by atoms with van der Waals surface area (Å²) in [5.41, 5.74) is 3.02. The van der Waals surface area contributed by atoms with E-state index >= 15 is 0 Å². The van der Waals surface area contributed by atoms with Crippen LogP contribution in [0.25, 0.3) is 43.4 Å². The van der Waals surface area contributed by atoms with Crippen LogP contribution in [-0.2, 0) is 0 Å². The highest BCUT2D eigenvalue weighted by Crippen LogP contribution is 2.37. The fraction of sp³-hybridized carbons (Fsp3) is 0. The summed E-state index contributed by atoms with van der Waals surface area (Å²) in [4.78, 5) is 0. The lowest BCUT2D eigenvalue weighted by Crippen LogP contribution is -1.86. The minimum atomic E-state index is 0.685. The van der Waals surface area contributed by atoms with E-state index in [2.05, 4.69) is 72.8 Å². The maximum atomic E-state index is 9.08. The van der Waals surface area contributed by atoms with Crippen molar-refractivity contribution in [3.8, 4) is 17.2 Å². The predicted octanol–water partition coefficient (Wildman–Crippen LogP) is 6.68. The molecule has 0 heterocycles. The van der Waals surface area contributed by atoms with Gasteiger partial charge < -0.3 is 0 Å². The molecule has 0 unspecified atom stereocenters. The minimum absolute atomic E-state index is 0.685. The number of benzene rings is 5. The number of hydrogen-bond donors (Lipinski definition) is 0. The van der Waals surface area contributed by atoms with Gasteiger partial charge >= 0.3 is 0 Å². The van der Waals surface area contributed by atoms with E-state index < -0.39 is 0 Å². The van der Waals surface area contributed by atoms with Crippen LogP contribution in [0.4, 0.5) is 0 Å². The molecule has 5 aromatic rings. The van der Waals surface area contributed by atoms with E-state index in [4.69, 9.17) is 5.26 Å². The van der Waals surface area contributed by atoms with Gasteiger partial charge in [0.25, 0.3) is 0 Å². The Morgan fingerprint density at radius 1 is 0.538 bits per heavy atom. The van der Waals surface area contributed by atoms with Gasteiger partial charge in [-0.15, -0.1) is 0 Å². The van der Waals surface area contributed by atoms with Crippen molar-refractivity contribution in [3.05, 3.63) is 96.6 Å². The van der Waals surface area contributed by atoms with Crippen LogP contribution in [0.1, 0.15) is 5.56 Å². The SMILES string of the molecule is N#Cc1ccc(-c2cc3c4ccccc4ccc3c3ccccc23)cc1. The van der Waals surface area contributed by atoms with Crippen LogP contribution in [0, 0.1) is 11.3 Å². The van der Waals surface area contributed by atoms with Gasteiger partial charge in [0.15, 0.2) is 0 Å². The molecule has 120 valence electrons. The van der Waals surface area contributed by atoms with Gasteiger partial charge in [0, 0.05) is 0 Å². The quantitative estimate of drug-likeness (QED) is 0.314. The standard InChI is InChI=1S/C25H15N/c26-16-17-9-11-19(12-10-17)24-15-25-20-6-2-1-5-18(20)13-14-23(25)21-7-3-4-8-22(21)24/h1-15H. The zero-order valence-electron chi connectivity index (χ0n) is 14.1. The lowest BCUT2D eigenvalue weighted by molar-refractivity contribution is 1.48. The second kappa shape index (κ2) is 5.72. The van der Waals surface area contributed by atoms with Crippen molar-refractivity contribution in [1.82, 2.24) is 0 Å². The van der Waals surface area contributed by atoms with E-state index in [-0.39, 0.29) is 0 Å². The summed E-state index contributed by atoms with van der Waals surface area (Å²) in [6, 6.07) is 33.8. The average molecular weight is 329 g/mol. The average Bonchev–Trinajstić information content (AvgIpc) is 2.73. The van der Waals surface area contributed by atoms with Crippen LogP contribution >= 0.6 is 0 Å². The highest BCUT2D eigenvalue weighted by Gasteiger charge is 2.10. The number of hydrogen-bond acceptors (Lipinski definition) is 1. The first-order valence-electron chi connectivity index (χ1n) is 8.69. The maximum Gasteiger partial charge on any atom is 0.0991 e. The second-order valence-corrected chi connectivity index (χ2v) is 6.54. The Hall–Kier alpha value is -3.63. The fourth-order valence-corrected chi connectivity index (χ4v) is 3.82. The first-order valence-corrected chi connectivity index (χ1v) is 8.69. The molecule has 1 heteroatoms. The minimum Gasteiger partial charge on any atom is -0.192 e. The smallest absolute Gasteiger partial charge is 0.0991 e. The third-order valence-corrected chi connectivity index (χ3v) is 5.09. The fourth-order valence-electron chi connectivity index (χ4n) is 3.82. The van der Waals surface area contributed by atoms with E-state index in [1.807, 2.05) is 24.3 Å². The van der Waals surface area contributed by atoms with Crippen molar-refractivity contribution in [2.45, 2.75) is 0 Å². The number of rotatable bonds is 1. The predicted molar refractivity (Wildman–Crippen MR) is 109 cm³/mol. The zero-order valence-corrected chi connectivity index (χ0v) is 14.1. The van der Waals surface area contributed by atoms with Gasteiger partial charge in [-0.25, -0.2) is 0 Å². The molecule has 0 amide bonds. The molecule has 0 aliphatic carbocycles. The van der Waals surface area contributed by atoms with Gasteiger partial charge in [-0.1, -0.05) is 72.8 Å². The molecule has 26 heavy (non-hydrogen) atoms. The Morgan fingerprint density at radius 3 is 1.96 bits per heavy atom. The van der Waals surface area contributed by atoms with Crippen molar-refractivity contribution >= 4 is 32.3 Å². The van der Waals surface area contributed by atoms with Gasteiger partial charge in [0.1, 0.15) is 0 Å². The van der Waals surface area contributed by atoms with E-state index in [0.717, 1.165) is 5.56 Å². The van der Waals surface area contributed by atoms with Crippen LogP contribution < -0.4 is 0 Å². The van der Waals surface area contributed by atoms with Crippen LogP contribution in [0.15, 0.2) is 91.0 Å². The molecule has 0 spiro atoms. The second-order valence-electron chi connectivity index (χ2n) is 6.54. The number of nitriles is 1. The van der Waals surface area contributed by atoms with E-state index in [0.29, 0.717) is 5.56 Å². The van der Waals surface area contributed by atoms with Crippen molar-refractivity contribution in [1.29, 1.82) is 5.26 Å². The molecule has 0 bridgehead atoms. The lowest BCUT2D eigenvalue weighted by atomic mass is 9.91. The third-order valence-electron chi connectivity index (χ3n) is 5.09. The number of nitrogens with zero attached hydrogens (tertiary/aromatic N) is 1. The molecule has 0 aromatic heterocycles. The summed E-state index contributed by atoms with van der Waals surface area (Å²) >= 11 is 0. The van der Waals surface area contributed by atoms with Crippen molar-refractivity contribution in [3.63, 3.8) is 0 Å². The molecule has 0 fully saturated rings. The van der Waals surface area contributed by atoms with E-state index in [1.165, 1.54) is 37.9 Å². The van der Waals surface area contributed by atoms with E-state index in [1.54, 1.807) is 0 Å². The molecule has 5 rings (SSSR count). The molecular formula is C25H15N. The Balaban J connectivity index is 1.94. The summed E-state index contributed by atoms with van der Waals surface area (Å²) < 4.78 is 0. The topological polar surface area (TPSA) is 23.8 Å². The Bertz CT molecular complexity index is 1320. The Kier molecular flexibility index (Phi) is 3.23. The van der Waals surface area contributed by atoms with Gasteiger partial charge in [-0.2, -0.15) is 5.26 Å². The normalized spacial score (nSPS) is 11.0. The molecule has 1 nitrogen and oxygen atoms in total. The third kappa shape index (κ3) is 2.17. The van der Waals surface area contributed by atoms with Gasteiger partial charge in [-0.05, 0) is 61.6 Å².